The van der Waals surface area contributed by atoms with Crippen LogP contribution in [0.3, 0.4) is 0 Å². The zero-order valence-corrected chi connectivity index (χ0v) is 47.9. The van der Waals surface area contributed by atoms with E-state index in [0.717, 1.165) is 12.8 Å². The molecule has 0 spiro atoms. The fraction of sp³-hybridized carbons (Fsp3) is 0.440. The Morgan fingerprint density at radius 2 is 1.04 bits per heavy atom. The number of ether oxygens (including phenoxy) is 4. The number of nitrogens with one attached hydrogen (secondary N) is 2. The quantitative estimate of drug-likeness (QED) is 0.0317. The number of nitrogens with zero attached hydrogens (tertiary/aromatic N) is 6. The van der Waals surface area contributed by atoms with E-state index in [1.54, 1.807) is 65.2 Å². The molecule has 11 N–H and O–H groups in total. The van der Waals surface area contributed by atoms with Crippen molar-refractivity contribution >= 4 is 40.7 Å². The number of aliphatic hydroxyl groups is 6. The first kappa shape index (κ1) is 66.0. The minimum atomic E-state index is -0.870. The van der Waals surface area contributed by atoms with Gasteiger partial charge in [-0.05, 0) is 77.7 Å². The van der Waals surface area contributed by atoms with Gasteiger partial charge >= 0.3 is 22.8 Å². The second-order valence-corrected chi connectivity index (χ2v) is 20.6. The van der Waals surface area contributed by atoms with E-state index < -0.39 is 89.2 Å². The summed E-state index contributed by atoms with van der Waals surface area (Å²) < 4.78 is 52.3. The zero-order valence-electron chi connectivity index (χ0n) is 44.2. The van der Waals surface area contributed by atoms with Crippen LogP contribution in [0.5, 0.6) is 5.88 Å². The normalized spacial score (nSPS) is 25.2. The molecule has 0 saturated carbocycles. The molecule has 0 aromatic carbocycles. The number of hydrogen-bond donors (Lipinski definition) is 10. The third-order valence-corrected chi connectivity index (χ3v) is 14.7. The van der Waals surface area contributed by atoms with Crippen molar-refractivity contribution in [3.63, 3.8) is 0 Å². The summed E-state index contributed by atoms with van der Waals surface area (Å²) in [5, 5.41) is 64.6. The smallest absolute Gasteiger partial charge is 0.353 e. The first-order valence-corrected chi connectivity index (χ1v) is 27.2. The van der Waals surface area contributed by atoms with Crippen molar-refractivity contribution in [1.29, 1.82) is 0 Å². The number of hydrogen-bond acceptors (Lipinski definition) is 26. The monoisotopic (exact) mass is 1340 g/mol. The van der Waals surface area contributed by atoms with Crippen LogP contribution in [0.15, 0.2) is 122 Å². The molecule has 7 aromatic rings. The van der Waals surface area contributed by atoms with Gasteiger partial charge in [-0.3, -0.25) is 37.8 Å². The van der Waals surface area contributed by atoms with Gasteiger partial charge in [0, 0.05) is 81.8 Å². The Bertz CT molecular complexity index is 3620. The second-order valence-electron chi connectivity index (χ2n) is 19.0. The fourth-order valence-electron chi connectivity index (χ4n) is 9.35. The van der Waals surface area contributed by atoms with Gasteiger partial charge in [0.1, 0.15) is 66.3 Å². The third kappa shape index (κ3) is 15.5. The van der Waals surface area contributed by atoms with Crippen molar-refractivity contribution in [2.75, 3.05) is 25.6 Å². The van der Waals surface area contributed by atoms with E-state index in [1.807, 2.05) is 0 Å². The minimum Gasteiger partial charge on any atom is -0.464 e. The average molecular weight is 1340 g/mol. The van der Waals surface area contributed by atoms with E-state index in [4.69, 9.17) is 62.7 Å². The number of nitrogen functional groups attached to an aromatic ring is 1. The predicted octanol–water partition coefficient (Wildman–Crippen LogP) is 1.21. The van der Waals surface area contributed by atoms with E-state index in [9.17, 15) is 44.1 Å². The molecule has 84 heavy (non-hydrogen) atoms. The van der Waals surface area contributed by atoms with Crippen LogP contribution < -0.4 is 43.8 Å². The van der Waals surface area contributed by atoms with Crippen LogP contribution in [-0.2, 0) is 23.3 Å². The standard InChI is InChI=1S/C15H18N2O6S.C13H15N3O5.C13H14N2O6.C9H11IN2O5.Ar/c1-3-11-9(2)7-13(21-11)17-8-10(12-5-4-6-20-12)14(16-15(17)18)22-24-23-19;14-12-7(9-2-1-3-20-9)5-16(13(19)15-12)11-4-8(18)10(6-17)21-11;16-6-10-8(17)4-11(21-10)15-5-7(9-2-1-3-20-9)12(18)14-13(15)19;10-4-2-12(9(16)11-8(4)15)7-1-5(14)6(3-13)17-7;/h4-6,8-9,11,13,19H,3,7H2,1-2H3;1-3,5,8,10-11,17-18H,4,6H2,(H2,14,15,19);1-3,5,8,10-11,16-17H,4,6H2,(H,14,18,19);2,5-7,13-14H,1,3H2,(H,11,15,16);. The fourth-order valence-corrected chi connectivity index (χ4v) is 10.0. The SMILES string of the molecule is CCC1OC(n2cc(-c3ccco3)c(OSOO)nc2=O)CC1C.Nc1nc(=O)n(C2CC(O)C(CO)O2)cc1-c1ccco1.O=c1[nH]c(=O)n(C2CC(O)C(CO)O2)cc1-c1ccco1.O=c1[nH]c(=O)n(C2CC(O)C(CO)O2)cc1I.[Ar]. The van der Waals surface area contributed by atoms with Gasteiger partial charge in [0.05, 0.1) is 83.3 Å². The number of anilines is 1. The number of rotatable bonds is 14. The molecule has 11 rings (SSSR count). The number of aromatic amines is 2. The largest absolute Gasteiger partial charge is 0.464 e. The van der Waals surface area contributed by atoms with E-state index in [0.29, 0.717) is 50.2 Å². The molecule has 4 aliphatic heterocycles. The molecule has 0 bridgehead atoms. The summed E-state index contributed by atoms with van der Waals surface area (Å²) in [6, 6.07) is 10.1. The van der Waals surface area contributed by atoms with E-state index >= 15 is 0 Å². The molecule has 12 unspecified atom stereocenters. The number of nitrogens with two attached hydrogens (primary N) is 1. The Balaban J connectivity index is 0.000000161. The summed E-state index contributed by atoms with van der Waals surface area (Å²) in [5.74, 6) is 1.68. The first-order chi connectivity index (χ1) is 39.9. The van der Waals surface area contributed by atoms with Gasteiger partial charge in [0.25, 0.3) is 23.4 Å². The Morgan fingerprint density at radius 1 is 0.619 bits per heavy atom. The van der Waals surface area contributed by atoms with Gasteiger partial charge < -0.3 is 72.8 Å². The number of aromatic nitrogens is 8. The maximum Gasteiger partial charge on any atom is 0.353 e. The van der Waals surface area contributed by atoms with Gasteiger partial charge in [0.15, 0.2) is 0 Å². The van der Waals surface area contributed by atoms with Crippen molar-refractivity contribution < 1.29 is 114 Å². The Labute approximate surface area is 520 Å². The van der Waals surface area contributed by atoms with Crippen molar-refractivity contribution in [1.82, 2.24) is 38.2 Å². The van der Waals surface area contributed by atoms with Crippen LogP contribution in [0.25, 0.3) is 34.0 Å². The molecule has 7 aromatic heterocycles. The molecule has 4 saturated heterocycles. The number of halogens is 1. The van der Waals surface area contributed by atoms with Crippen LogP contribution in [0, 0.1) is 47.2 Å². The summed E-state index contributed by atoms with van der Waals surface area (Å²) in [7, 11) is 0. The molecule has 12 atom stereocenters. The van der Waals surface area contributed by atoms with Crippen LogP contribution in [0.2, 0.25) is 0 Å². The zero-order chi connectivity index (χ0) is 59.6. The molecular weight excluding hydrogens is 1280 g/mol. The van der Waals surface area contributed by atoms with E-state index in [1.165, 1.54) is 55.6 Å². The average Bonchev–Trinajstić information content (AvgIpc) is 3.56. The first-order valence-electron chi connectivity index (χ1n) is 25.5. The van der Waals surface area contributed by atoms with Crippen LogP contribution >= 0.6 is 34.9 Å². The van der Waals surface area contributed by atoms with Gasteiger partial charge in [-0.2, -0.15) is 9.97 Å². The molecule has 4 aliphatic rings. The van der Waals surface area contributed by atoms with Crippen LogP contribution in [-0.4, -0.2) is 137 Å². The van der Waals surface area contributed by atoms with Crippen molar-refractivity contribution in [3.8, 4) is 39.9 Å². The Morgan fingerprint density at radius 3 is 1.49 bits per heavy atom. The molecule has 0 radical (unpaired) electrons. The topological polar surface area (TPSA) is 442 Å². The van der Waals surface area contributed by atoms with E-state index in [-0.39, 0.29) is 106 Å². The molecule has 0 amide bonds. The molecular formula is C50H58ArIN9O22S. The molecule has 34 heteroatoms. The van der Waals surface area contributed by atoms with Gasteiger partial charge in [-0.1, -0.05) is 13.8 Å². The molecule has 4 fully saturated rings. The molecule has 0 aliphatic carbocycles. The van der Waals surface area contributed by atoms with Crippen LogP contribution in [0.4, 0.5) is 5.82 Å². The summed E-state index contributed by atoms with van der Waals surface area (Å²) in [6.07, 6.45) is 5.27. The predicted molar refractivity (Wildman–Crippen MR) is 295 cm³/mol. The van der Waals surface area contributed by atoms with Gasteiger partial charge in [-0.15, -0.1) is 4.33 Å². The number of aliphatic hydroxyl groups excluding tert-OH is 6. The van der Waals surface area contributed by atoms with Crippen molar-refractivity contribution in [3.05, 3.63) is 146 Å². The third-order valence-electron chi connectivity index (χ3n) is 13.6. The van der Waals surface area contributed by atoms with E-state index in [2.05, 4.69) is 38.1 Å². The Kier molecular flexibility index (Phi) is 23.7. The molecule has 456 valence electrons. The molecule has 11 heterocycles. The van der Waals surface area contributed by atoms with Gasteiger partial charge in [-0.25, -0.2) is 24.4 Å². The van der Waals surface area contributed by atoms with Crippen LogP contribution in [0.1, 0.15) is 70.9 Å². The van der Waals surface area contributed by atoms with Crippen molar-refractivity contribution in [2.24, 2.45) is 5.92 Å². The summed E-state index contributed by atoms with van der Waals surface area (Å²) in [6.45, 7) is 3.18. The van der Waals surface area contributed by atoms with Crippen molar-refractivity contribution in [2.45, 2.75) is 114 Å². The van der Waals surface area contributed by atoms with Gasteiger partial charge in [0.2, 0.25) is 5.88 Å². The minimum absolute atomic E-state index is 0. The molecule has 31 nitrogen and oxygen atoms in total. The summed E-state index contributed by atoms with van der Waals surface area (Å²) in [4.78, 5) is 82.8. The summed E-state index contributed by atoms with van der Waals surface area (Å²) >= 11 is 2.10. The second kappa shape index (κ2) is 30.2. The number of H-pyrrole nitrogens is 2. The number of furan rings is 3. The summed E-state index contributed by atoms with van der Waals surface area (Å²) in [5.41, 5.74) is 3.50. The maximum absolute atomic E-state index is 12.4. The maximum atomic E-state index is 12.4. The Hall–Kier alpha value is -5.58.